The quantitative estimate of drug-likeness (QED) is 0.423. The highest BCUT2D eigenvalue weighted by atomic mass is 79.9. The molecule has 4 nitrogen and oxygen atoms in total. The lowest BCUT2D eigenvalue weighted by Gasteiger charge is -2.19. The third-order valence-corrected chi connectivity index (χ3v) is 5.30. The van der Waals surface area contributed by atoms with Gasteiger partial charge in [0.1, 0.15) is 5.92 Å². The Hall–Kier alpha value is -2.79. The van der Waals surface area contributed by atoms with Crippen molar-refractivity contribution in [3.63, 3.8) is 0 Å². The smallest absolute Gasteiger partial charge is 0.319 e. The zero-order chi connectivity index (χ0) is 18.8. The maximum Gasteiger partial charge on any atom is 0.319 e. The summed E-state index contributed by atoms with van der Waals surface area (Å²) in [5, 5.41) is 3.89. The summed E-state index contributed by atoms with van der Waals surface area (Å²) in [6.45, 7) is 2.13. The van der Waals surface area contributed by atoms with Crippen molar-refractivity contribution in [1.29, 1.82) is 0 Å². The van der Waals surface area contributed by atoms with Crippen LogP contribution >= 0.6 is 15.9 Å². The lowest BCUT2D eigenvalue weighted by molar-refractivity contribution is -0.143. The molecule has 1 atom stereocenters. The van der Waals surface area contributed by atoms with Crippen molar-refractivity contribution in [2.24, 2.45) is 0 Å². The van der Waals surface area contributed by atoms with Crippen LogP contribution in [0.3, 0.4) is 0 Å². The molecule has 0 bridgehead atoms. The van der Waals surface area contributed by atoms with Crippen molar-refractivity contribution >= 4 is 43.4 Å². The van der Waals surface area contributed by atoms with Crippen molar-refractivity contribution in [3.8, 4) is 0 Å². The largest absolute Gasteiger partial charge is 0.465 e. The van der Waals surface area contributed by atoms with Crippen LogP contribution in [0.25, 0.3) is 21.5 Å². The number of rotatable bonds is 4. The fraction of sp³-hybridized carbons (Fsp3) is 0.136. The van der Waals surface area contributed by atoms with Crippen LogP contribution in [0.2, 0.25) is 0 Å². The normalized spacial score (nSPS) is 12.2. The van der Waals surface area contributed by atoms with Crippen molar-refractivity contribution < 1.29 is 9.53 Å². The molecule has 0 fully saturated rings. The maximum absolute atomic E-state index is 13.0. The average Bonchev–Trinajstić information content (AvgIpc) is 2.69. The first-order chi connectivity index (χ1) is 13.2. The fourth-order valence-corrected chi connectivity index (χ4v) is 3.93. The zero-order valence-electron chi connectivity index (χ0n) is 14.7. The average molecular weight is 421 g/mol. The van der Waals surface area contributed by atoms with E-state index in [2.05, 4.69) is 25.9 Å². The number of fused-ring (bicyclic) bond motifs is 2. The molecule has 0 spiro atoms. The number of esters is 1. The summed E-state index contributed by atoms with van der Waals surface area (Å²) in [7, 11) is 0. The van der Waals surface area contributed by atoms with E-state index in [9.17, 15) is 4.79 Å². The molecule has 0 saturated heterocycles. The lowest BCUT2D eigenvalue weighted by Crippen LogP contribution is -2.19. The summed E-state index contributed by atoms with van der Waals surface area (Å²) in [5.74, 6) is -0.921. The van der Waals surface area contributed by atoms with E-state index in [1.807, 2.05) is 55.5 Å². The molecule has 2 aromatic carbocycles. The van der Waals surface area contributed by atoms with E-state index in [-0.39, 0.29) is 5.97 Å². The molecular formula is C22H17BrN2O2. The van der Waals surface area contributed by atoms with Gasteiger partial charge in [-0.15, -0.1) is 0 Å². The van der Waals surface area contributed by atoms with Crippen LogP contribution in [-0.2, 0) is 9.53 Å². The summed E-state index contributed by atoms with van der Waals surface area (Å²) in [6, 6.07) is 15.7. The number of nitrogens with zero attached hydrogens (tertiary/aromatic N) is 2. The van der Waals surface area contributed by atoms with Crippen LogP contribution in [0.5, 0.6) is 0 Å². The summed E-state index contributed by atoms with van der Waals surface area (Å²) in [4.78, 5) is 21.8. The van der Waals surface area contributed by atoms with Crippen molar-refractivity contribution in [3.05, 3.63) is 82.9 Å². The maximum atomic E-state index is 13.0. The van der Waals surface area contributed by atoms with Gasteiger partial charge >= 0.3 is 5.97 Å². The first kappa shape index (κ1) is 17.6. The Labute approximate surface area is 165 Å². The summed E-state index contributed by atoms with van der Waals surface area (Å²) >= 11 is 3.59. The van der Waals surface area contributed by atoms with Gasteiger partial charge in [-0.1, -0.05) is 46.3 Å². The van der Waals surface area contributed by atoms with Gasteiger partial charge in [0.25, 0.3) is 0 Å². The number of pyridine rings is 2. The summed E-state index contributed by atoms with van der Waals surface area (Å²) in [6.07, 6.45) is 5.27. The lowest BCUT2D eigenvalue weighted by atomic mass is 9.89. The SMILES string of the molecule is CCOC(=O)C(c1cccc2cnccc12)c1nccc2c(Br)cccc12. The Kier molecular flexibility index (Phi) is 4.86. The number of hydrogen-bond acceptors (Lipinski definition) is 4. The fourth-order valence-electron chi connectivity index (χ4n) is 3.43. The van der Waals surface area contributed by atoms with E-state index >= 15 is 0 Å². The predicted octanol–water partition coefficient (Wildman–Crippen LogP) is 5.24. The van der Waals surface area contributed by atoms with Gasteiger partial charge in [-0.3, -0.25) is 14.8 Å². The third-order valence-electron chi connectivity index (χ3n) is 4.60. The van der Waals surface area contributed by atoms with Crippen LogP contribution in [-0.4, -0.2) is 22.5 Å². The van der Waals surface area contributed by atoms with Gasteiger partial charge in [-0.05, 0) is 41.5 Å². The topological polar surface area (TPSA) is 52.1 Å². The van der Waals surface area contributed by atoms with Gasteiger partial charge in [0, 0.05) is 33.8 Å². The van der Waals surface area contributed by atoms with Gasteiger partial charge in [0.2, 0.25) is 0 Å². The molecule has 0 aliphatic carbocycles. The van der Waals surface area contributed by atoms with Crippen LogP contribution in [0, 0.1) is 0 Å². The number of hydrogen-bond donors (Lipinski definition) is 0. The highest BCUT2D eigenvalue weighted by Gasteiger charge is 2.29. The molecule has 4 rings (SSSR count). The molecule has 2 aromatic heterocycles. The number of carbonyl (C=O) groups is 1. The monoisotopic (exact) mass is 420 g/mol. The Morgan fingerprint density at radius 2 is 1.85 bits per heavy atom. The van der Waals surface area contributed by atoms with E-state index in [1.165, 1.54) is 0 Å². The molecule has 0 N–H and O–H groups in total. The Morgan fingerprint density at radius 3 is 2.70 bits per heavy atom. The van der Waals surface area contributed by atoms with Crippen molar-refractivity contribution in [2.45, 2.75) is 12.8 Å². The summed E-state index contributed by atoms with van der Waals surface area (Å²) < 4.78 is 6.40. The minimum absolute atomic E-state index is 0.304. The molecule has 5 heteroatoms. The molecule has 134 valence electrons. The predicted molar refractivity (Wildman–Crippen MR) is 110 cm³/mol. The third kappa shape index (κ3) is 3.19. The number of ether oxygens (including phenoxy) is 1. The second kappa shape index (κ2) is 7.45. The van der Waals surface area contributed by atoms with Crippen molar-refractivity contribution in [1.82, 2.24) is 9.97 Å². The molecule has 0 aliphatic rings. The van der Waals surface area contributed by atoms with Crippen LogP contribution in [0.1, 0.15) is 24.1 Å². The second-order valence-corrected chi connectivity index (χ2v) is 7.01. The minimum atomic E-state index is -0.617. The van der Waals surface area contributed by atoms with Gasteiger partial charge in [0.15, 0.2) is 0 Å². The van der Waals surface area contributed by atoms with E-state index in [0.717, 1.165) is 31.6 Å². The van der Waals surface area contributed by atoms with E-state index in [1.54, 1.807) is 18.6 Å². The van der Waals surface area contributed by atoms with Crippen LogP contribution in [0.4, 0.5) is 0 Å². The zero-order valence-corrected chi connectivity index (χ0v) is 16.3. The Balaban J connectivity index is 2.01. The molecule has 0 amide bonds. The molecule has 2 heterocycles. The minimum Gasteiger partial charge on any atom is -0.465 e. The molecule has 0 radical (unpaired) electrons. The molecule has 1 unspecified atom stereocenters. The second-order valence-electron chi connectivity index (χ2n) is 6.16. The van der Waals surface area contributed by atoms with Crippen molar-refractivity contribution in [2.75, 3.05) is 6.61 Å². The Morgan fingerprint density at radius 1 is 1.04 bits per heavy atom. The number of benzene rings is 2. The molecular weight excluding hydrogens is 404 g/mol. The first-order valence-electron chi connectivity index (χ1n) is 8.73. The summed E-state index contributed by atoms with van der Waals surface area (Å²) in [5.41, 5.74) is 1.56. The highest BCUT2D eigenvalue weighted by molar-refractivity contribution is 9.10. The first-order valence-corrected chi connectivity index (χ1v) is 9.52. The molecule has 0 aliphatic heterocycles. The van der Waals surface area contributed by atoms with Gasteiger partial charge in [-0.25, -0.2) is 0 Å². The van der Waals surface area contributed by atoms with Crippen LogP contribution in [0.15, 0.2) is 71.6 Å². The van der Waals surface area contributed by atoms with E-state index in [0.29, 0.717) is 12.3 Å². The number of aromatic nitrogens is 2. The molecule has 27 heavy (non-hydrogen) atoms. The van der Waals surface area contributed by atoms with Gasteiger partial charge < -0.3 is 4.74 Å². The van der Waals surface area contributed by atoms with Gasteiger partial charge in [0.05, 0.1) is 12.3 Å². The number of halogens is 1. The van der Waals surface area contributed by atoms with Crippen LogP contribution < -0.4 is 0 Å². The molecule has 4 aromatic rings. The Bertz CT molecular complexity index is 1140. The highest BCUT2D eigenvalue weighted by Crippen LogP contribution is 2.35. The van der Waals surface area contributed by atoms with Gasteiger partial charge in [-0.2, -0.15) is 0 Å². The van der Waals surface area contributed by atoms with E-state index in [4.69, 9.17) is 4.74 Å². The number of carbonyl (C=O) groups excluding carboxylic acids is 1. The van der Waals surface area contributed by atoms with E-state index < -0.39 is 5.92 Å². The standard InChI is InChI=1S/C22H17BrN2O2/c1-2-27-22(26)20(17-6-3-5-14-13-24-11-9-15(14)17)21-18-7-4-8-19(23)16(18)10-12-25-21/h3-13,20H,2H2,1H3. The molecule has 0 saturated carbocycles.